The summed E-state index contributed by atoms with van der Waals surface area (Å²) in [5.41, 5.74) is 2.14. The van der Waals surface area contributed by atoms with Crippen molar-refractivity contribution in [3.8, 4) is 0 Å². The van der Waals surface area contributed by atoms with Crippen LogP contribution in [0.4, 0.5) is 10.5 Å². The van der Waals surface area contributed by atoms with Crippen molar-refractivity contribution in [3.05, 3.63) is 54.4 Å². The third kappa shape index (κ3) is 4.44. The summed E-state index contributed by atoms with van der Waals surface area (Å²) in [5.74, 6) is 0. The minimum atomic E-state index is -1.37. The van der Waals surface area contributed by atoms with Crippen molar-refractivity contribution < 1.29 is 13.7 Å². The Bertz CT molecular complexity index is 1110. The van der Waals surface area contributed by atoms with Gasteiger partial charge in [-0.2, -0.15) is 0 Å². The molecule has 1 saturated heterocycles. The lowest BCUT2D eigenvalue weighted by Gasteiger charge is -2.37. The van der Waals surface area contributed by atoms with E-state index >= 15 is 0 Å². The number of aryl methyl sites for hydroxylation is 1. The highest BCUT2D eigenvalue weighted by Gasteiger charge is 2.27. The fourth-order valence-corrected chi connectivity index (χ4v) is 4.99. The Morgan fingerprint density at radius 2 is 1.74 bits per heavy atom. The predicted molar refractivity (Wildman–Crippen MR) is 123 cm³/mol. The van der Waals surface area contributed by atoms with Crippen molar-refractivity contribution in [3.63, 3.8) is 0 Å². The van der Waals surface area contributed by atoms with Gasteiger partial charge in [0.1, 0.15) is 5.60 Å². The molecule has 1 aromatic carbocycles. The molecule has 2 aromatic heterocycles. The first-order chi connectivity index (χ1) is 14.7. The lowest BCUT2D eigenvalue weighted by Crippen LogP contribution is -2.50. The van der Waals surface area contributed by atoms with Gasteiger partial charge in [-0.25, -0.2) is 18.0 Å². The van der Waals surface area contributed by atoms with Crippen molar-refractivity contribution in [2.75, 3.05) is 31.1 Å². The van der Waals surface area contributed by atoms with Gasteiger partial charge in [-0.3, -0.25) is 0 Å². The first kappa shape index (κ1) is 21.4. The van der Waals surface area contributed by atoms with E-state index in [4.69, 9.17) is 4.74 Å². The largest absolute Gasteiger partial charge is 0.444 e. The fraction of sp³-hybridized carbons (Fsp3) is 0.391. The zero-order valence-corrected chi connectivity index (χ0v) is 19.2. The molecule has 1 atom stereocenters. The van der Waals surface area contributed by atoms with E-state index in [-0.39, 0.29) is 6.09 Å². The van der Waals surface area contributed by atoms with E-state index in [1.165, 1.54) is 0 Å². The van der Waals surface area contributed by atoms with Gasteiger partial charge in [-0.15, -0.1) is 0 Å². The number of carbonyl (C=O) groups excluding carboxylic acids is 1. The standard InChI is InChI=1S/C23H28N4O3S/c1-17-16-19-20(25-12-14-26(15-13-25)22(28)30-23(2,3)4)10-11-24-21(19)27(17)31(29)18-8-6-5-7-9-18/h5-11,16H,12-15H2,1-4H3. The predicted octanol–water partition coefficient (Wildman–Crippen LogP) is 3.97. The van der Waals surface area contributed by atoms with E-state index in [0.29, 0.717) is 31.8 Å². The van der Waals surface area contributed by atoms with Gasteiger partial charge in [0.2, 0.25) is 0 Å². The van der Waals surface area contributed by atoms with Crippen LogP contribution in [0.5, 0.6) is 0 Å². The summed E-state index contributed by atoms with van der Waals surface area (Å²) in [5, 5.41) is 0.968. The third-order valence-electron chi connectivity index (χ3n) is 5.19. The van der Waals surface area contributed by atoms with Crippen LogP contribution in [0.25, 0.3) is 11.0 Å². The maximum absolute atomic E-state index is 13.2. The number of rotatable bonds is 3. The summed E-state index contributed by atoms with van der Waals surface area (Å²) in [6, 6.07) is 13.4. The van der Waals surface area contributed by atoms with Gasteiger partial charge in [0, 0.05) is 49.1 Å². The topological polar surface area (TPSA) is 67.7 Å². The highest BCUT2D eigenvalue weighted by molar-refractivity contribution is 7.83. The highest BCUT2D eigenvalue weighted by Crippen LogP contribution is 2.30. The number of hydrogen-bond donors (Lipinski definition) is 0. The Hall–Kier alpha value is -2.87. The molecule has 3 aromatic rings. The van der Waals surface area contributed by atoms with Crippen LogP contribution in [0.3, 0.4) is 0 Å². The molecule has 0 bridgehead atoms. The van der Waals surface area contributed by atoms with Gasteiger partial charge in [-0.05, 0) is 52.0 Å². The van der Waals surface area contributed by atoms with Gasteiger partial charge in [0.05, 0.1) is 4.90 Å². The molecular weight excluding hydrogens is 412 g/mol. The molecule has 0 radical (unpaired) electrons. The number of aromatic nitrogens is 2. The number of piperazine rings is 1. The Kier molecular flexibility index (Phi) is 5.75. The smallest absolute Gasteiger partial charge is 0.410 e. The summed E-state index contributed by atoms with van der Waals surface area (Å²) in [6.07, 6.45) is 1.49. The van der Waals surface area contributed by atoms with Crippen molar-refractivity contribution in [2.24, 2.45) is 0 Å². The second-order valence-electron chi connectivity index (χ2n) is 8.66. The zero-order valence-electron chi connectivity index (χ0n) is 18.4. The molecule has 3 heterocycles. The molecule has 0 N–H and O–H groups in total. The van der Waals surface area contributed by atoms with E-state index in [1.807, 2.05) is 70.2 Å². The molecule has 0 spiro atoms. The first-order valence-electron chi connectivity index (χ1n) is 10.4. The molecule has 8 heteroatoms. The number of fused-ring (bicyclic) bond motifs is 1. The van der Waals surface area contributed by atoms with E-state index < -0.39 is 16.6 Å². The lowest BCUT2D eigenvalue weighted by molar-refractivity contribution is 0.0240. The van der Waals surface area contributed by atoms with Crippen molar-refractivity contribution in [2.45, 2.75) is 38.2 Å². The van der Waals surface area contributed by atoms with Crippen LogP contribution < -0.4 is 4.90 Å². The maximum atomic E-state index is 13.2. The second-order valence-corrected chi connectivity index (χ2v) is 10.00. The molecule has 7 nitrogen and oxygen atoms in total. The highest BCUT2D eigenvalue weighted by atomic mass is 32.2. The van der Waals surface area contributed by atoms with Crippen LogP contribution in [-0.4, -0.2) is 55.9 Å². The van der Waals surface area contributed by atoms with Gasteiger partial charge >= 0.3 is 6.09 Å². The number of anilines is 1. The summed E-state index contributed by atoms with van der Waals surface area (Å²) in [7, 11) is -1.37. The lowest BCUT2D eigenvalue weighted by atomic mass is 10.2. The Morgan fingerprint density at radius 1 is 1.06 bits per heavy atom. The van der Waals surface area contributed by atoms with Crippen LogP contribution in [0.15, 0.2) is 53.6 Å². The molecule has 1 aliphatic rings. The quantitative estimate of drug-likeness (QED) is 0.616. The molecule has 164 valence electrons. The van der Waals surface area contributed by atoms with Crippen LogP contribution >= 0.6 is 0 Å². The number of ether oxygens (including phenoxy) is 1. The van der Waals surface area contributed by atoms with E-state index in [0.717, 1.165) is 21.7 Å². The molecule has 1 aliphatic heterocycles. The molecule has 0 aliphatic carbocycles. The first-order valence-corrected chi connectivity index (χ1v) is 11.5. The maximum Gasteiger partial charge on any atom is 0.410 e. The second kappa shape index (κ2) is 8.34. The van der Waals surface area contributed by atoms with E-state index in [1.54, 1.807) is 15.1 Å². The number of benzene rings is 1. The molecule has 4 rings (SSSR count). The third-order valence-corrected chi connectivity index (χ3v) is 6.66. The monoisotopic (exact) mass is 440 g/mol. The van der Waals surface area contributed by atoms with E-state index in [9.17, 15) is 9.00 Å². The van der Waals surface area contributed by atoms with Gasteiger partial charge in [0.25, 0.3) is 0 Å². The molecule has 1 fully saturated rings. The summed E-state index contributed by atoms with van der Waals surface area (Å²) in [6.45, 7) is 10.2. The van der Waals surface area contributed by atoms with Crippen molar-refractivity contribution in [1.29, 1.82) is 0 Å². The van der Waals surface area contributed by atoms with Crippen LogP contribution in [0.1, 0.15) is 26.5 Å². The average Bonchev–Trinajstić information content (AvgIpc) is 3.08. The molecule has 1 unspecified atom stereocenters. The Balaban J connectivity index is 1.58. The molecule has 0 saturated carbocycles. The molecule has 31 heavy (non-hydrogen) atoms. The number of carbonyl (C=O) groups is 1. The van der Waals surface area contributed by atoms with E-state index in [2.05, 4.69) is 9.88 Å². The number of amides is 1. The molecule has 1 amide bonds. The van der Waals surface area contributed by atoms with Crippen molar-refractivity contribution >= 4 is 33.8 Å². The Morgan fingerprint density at radius 3 is 2.39 bits per heavy atom. The van der Waals surface area contributed by atoms with Crippen LogP contribution in [0.2, 0.25) is 0 Å². The SMILES string of the molecule is Cc1cc2c(N3CCN(C(=O)OC(C)(C)C)CC3)ccnc2n1S(=O)c1ccccc1. The van der Waals surface area contributed by atoms with Crippen LogP contribution in [0, 0.1) is 6.92 Å². The normalized spacial score (nSPS) is 15.9. The Labute approximate surface area is 185 Å². The number of hydrogen-bond acceptors (Lipinski definition) is 5. The summed E-state index contributed by atoms with van der Waals surface area (Å²) >= 11 is 0. The van der Waals surface area contributed by atoms with Crippen LogP contribution in [-0.2, 0) is 15.7 Å². The average molecular weight is 441 g/mol. The number of pyridine rings is 1. The number of nitrogens with zero attached hydrogens (tertiary/aromatic N) is 4. The summed E-state index contributed by atoms with van der Waals surface area (Å²) < 4.78 is 20.5. The zero-order chi connectivity index (χ0) is 22.2. The minimum absolute atomic E-state index is 0.271. The summed E-state index contributed by atoms with van der Waals surface area (Å²) in [4.78, 5) is 21.6. The molecular formula is C23H28N4O3S. The van der Waals surface area contributed by atoms with Gasteiger partial charge in [-0.1, -0.05) is 18.2 Å². The fourth-order valence-electron chi connectivity index (χ4n) is 3.77. The van der Waals surface area contributed by atoms with Gasteiger partial charge in [0.15, 0.2) is 16.6 Å². The minimum Gasteiger partial charge on any atom is -0.444 e. The van der Waals surface area contributed by atoms with Gasteiger partial charge < -0.3 is 14.5 Å². The van der Waals surface area contributed by atoms with Crippen molar-refractivity contribution in [1.82, 2.24) is 13.9 Å².